The maximum atomic E-state index is 12.8. The van der Waals surface area contributed by atoms with Crippen molar-refractivity contribution in [3.8, 4) is 22.4 Å². The largest absolute Gasteiger partial charge is 0.460 e. The molecular formula is C35H43N5O3. The summed E-state index contributed by atoms with van der Waals surface area (Å²) in [6.07, 6.45) is 1.87. The van der Waals surface area contributed by atoms with Crippen LogP contribution in [0.4, 0.5) is 11.4 Å². The molecule has 0 radical (unpaired) electrons. The van der Waals surface area contributed by atoms with Gasteiger partial charge in [-0.3, -0.25) is 9.59 Å². The molecule has 1 saturated heterocycles. The van der Waals surface area contributed by atoms with Crippen LogP contribution >= 0.6 is 0 Å². The van der Waals surface area contributed by atoms with Crippen molar-refractivity contribution in [2.45, 2.75) is 53.6 Å². The highest BCUT2D eigenvalue weighted by Gasteiger charge is 2.21. The maximum Gasteiger partial charge on any atom is 0.310 e. The molecule has 0 saturated carbocycles. The number of hydrogen-bond acceptors (Lipinski definition) is 6. The number of nitrogens with zero attached hydrogens (tertiary/aromatic N) is 3. The first-order valence-electron chi connectivity index (χ1n) is 15.1. The summed E-state index contributed by atoms with van der Waals surface area (Å²) in [5.74, 6) is -0.469. The Bertz CT molecular complexity index is 1620. The number of ether oxygens (including phenoxy) is 1. The molecule has 1 amide bonds. The van der Waals surface area contributed by atoms with Gasteiger partial charge in [-0.25, -0.2) is 4.98 Å². The van der Waals surface area contributed by atoms with Crippen molar-refractivity contribution in [3.63, 3.8) is 0 Å². The van der Waals surface area contributed by atoms with E-state index in [2.05, 4.69) is 63.5 Å². The number of likely N-dealkylation sites (N-methyl/N-ethyl adjacent to an activating group) is 1. The number of rotatable bonds is 7. The Morgan fingerprint density at radius 3 is 2.33 bits per heavy atom. The molecular weight excluding hydrogens is 538 g/mol. The Kier molecular flexibility index (Phi) is 8.60. The topological polar surface area (TPSA) is 90.6 Å². The molecule has 0 atom stereocenters. The lowest BCUT2D eigenvalue weighted by molar-refractivity contribution is -0.153. The summed E-state index contributed by atoms with van der Waals surface area (Å²) in [4.78, 5) is 38.3. The zero-order valence-corrected chi connectivity index (χ0v) is 26.4. The average Bonchev–Trinajstić information content (AvgIpc) is 3.32. The monoisotopic (exact) mass is 581 g/mol. The molecule has 0 unspecified atom stereocenters. The molecule has 1 aliphatic rings. The van der Waals surface area contributed by atoms with Crippen molar-refractivity contribution < 1.29 is 14.3 Å². The predicted octanol–water partition coefficient (Wildman–Crippen LogP) is 6.44. The summed E-state index contributed by atoms with van der Waals surface area (Å²) in [5.41, 5.74) is 7.87. The van der Waals surface area contributed by atoms with Gasteiger partial charge in [-0.15, -0.1) is 0 Å². The van der Waals surface area contributed by atoms with Crippen molar-refractivity contribution >= 4 is 34.3 Å². The van der Waals surface area contributed by atoms with E-state index in [1.165, 1.54) is 5.69 Å². The van der Waals surface area contributed by atoms with Crippen LogP contribution in [0.3, 0.4) is 0 Å². The number of esters is 1. The highest BCUT2D eigenvalue weighted by atomic mass is 16.6. The summed E-state index contributed by atoms with van der Waals surface area (Å²) >= 11 is 0. The smallest absolute Gasteiger partial charge is 0.310 e. The summed E-state index contributed by atoms with van der Waals surface area (Å²) in [7, 11) is 2.16. The first-order chi connectivity index (χ1) is 20.4. The molecule has 0 spiro atoms. The van der Waals surface area contributed by atoms with Crippen molar-refractivity contribution in [1.82, 2.24) is 14.9 Å². The second-order valence-electron chi connectivity index (χ2n) is 12.9. The molecule has 2 N–H and O–H groups in total. The summed E-state index contributed by atoms with van der Waals surface area (Å²) in [6, 6.07) is 16.8. The van der Waals surface area contributed by atoms with Gasteiger partial charge in [-0.1, -0.05) is 44.2 Å². The molecule has 1 aliphatic heterocycles. The number of anilines is 2. The number of aromatic nitrogens is 2. The Hall–Kier alpha value is -4.17. The third-order valence-corrected chi connectivity index (χ3v) is 7.86. The first kappa shape index (κ1) is 30.3. The standard InChI is InChI=1S/C35H43N5O3/c1-22(2)34(42)37-27-20-29-31(25-9-8-23(3)26(18-25)19-30(41)43-35(4,5)6)32(38-33(29)36-21-27)24-10-12-28(13-11-24)40-16-14-39(7)15-17-40/h8-13,18,20-22H,14-17,19H2,1-7H3,(H,36,38)(H,37,42). The van der Waals surface area contributed by atoms with Crippen molar-refractivity contribution in [2.24, 2.45) is 5.92 Å². The average molecular weight is 582 g/mol. The molecule has 43 heavy (non-hydrogen) atoms. The van der Waals surface area contributed by atoms with E-state index in [9.17, 15) is 9.59 Å². The minimum Gasteiger partial charge on any atom is -0.460 e. The number of H-pyrrole nitrogens is 1. The van der Waals surface area contributed by atoms with Gasteiger partial charge in [0.1, 0.15) is 11.2 Å². The lowest BCUT2D eigenvalue weighted by atomic mass is 9.94. The number of pyridine rings is 1. The number of aromatic amines is 1. The molecule has 3 heterocycles. The second kappa shape index (κ2) is 12.2. The minimum absolute atomic E-state index is 0.0621. The molecule has 226 valence electrons. The summed E-state index contributed by atoms with van der Waals surface area (Å²) in [6.45, 7) is 15.5. The van der Waals surface area contributed by atoms with E-state index < -0.39 is 5.60 Å². The molecule has 5 rings (SSSR count). The Labute approximate surface area is 254 Å². The van der Waals surface area contributed by atoms with E-state index in [1.807, 2.05) is 53.7 Å². The fourth-order valence-corrected chi connectivity index (χ4v) is 5.40. The Morgan fingerprint density at radius 2 is 1.67 bits per heavy atom. The van der Waals surface area contributed by atoms with E-state index in [0.717, 1.165) is 70.7 Å². The number of piperazine rings is 1. The number of carbonyl (C=O) groups excluding carboxylic acids is 2. The van der Waals surface area contributed by atoms with E-state index in [1.54, 1.807) is 6.20 Å². The minimum atomic E-state index is -0.550. The van der Waals surface area contributed by atoms with Crippen molar-refractivity contribution in [3.05, 3.63) is 65.9 Å². The van der Waals surface area contributed by atoms with Gasteiger partial charge in [0, 0.05) is 48.7 Å². The third-order valence-electron chi connectivity index (χ3n) is 7.86. The SMILES string of the molecule is Cc1ccc(-c2c(-c3ccc(N4CCN(C)CC4)cc3)[nH]c3ncc(NC(=O)C(C)C)cc23)cc1CC(=O)OC(C)(C)C. The fourth-order valence-electron chi connectivity index (χ4n) is 5.40. The number of carbonyl (C=O) groups is 2. The van der Waals surface area contributed by atoms with Crippen LogP contribution in [-0.4, -0.2) is 65.6 Å². The molecule has 2 aromatic carbocycles. The van der Waals surface area contributed by atoms with Crippen LogP contribution in [0.2, 0.25) is 0 Å². The Morgan fingerprint density at radius 1 is 1.00 bits per heavy atom. The van der Waals surface area contributed by atoms with E-state index in [-0.39, 0.29) is 24.2 Å². The lowest BCUT2D eigenvalue weighted by Crippen LogP contribution is -2.44. The number of nitrogens with one attached hydrogen (secondary N) is 2. The van der Waals surface area contributed by atoms with Gasteiger partial charge in [0.25, 0.3) is 0 Å². The molecule has 0 aliphatic carbocycles. The van der Waals surface area contributed by atoms with Gasteiger partial charge < -0.3 is 24.8 Å². The van der Waals surface area contributed by atoms with Gasteiger partial charge >= 0.3 is 5.97 Å². The van der Waals surface area contributed by atoms with Crippen molar-refractivity contribution in [2.75, 3.05) is 43.4 Å². The van der Waals surface area contributed by atoms with Crippen LogP contribution in [0.15, 0.2) is 54.7 Å². The molecule has 0 bridgehead atoms. The number of fused-ring (bicyclic) bond motifs is 1. The maximum absolute atomic E-state index is 12.8. The van der Waals surface area contributed by atoms with E-state index >= 15 is 0 Å². The van der Waals surface area contributed by atoms with Crippen LogP contribution < -0.4 is 10.2 Å². The number of amides is 1. The van der Waals surface area contributed by atoms with Crippen molar-refractivity contribution in [1.29, 1.82) is 0 Å². The van der Waals surface area contributed by atoms with E-state index in [4.69, 9.17) is 9.72 Å². The van der Waals surface area contributed by atoms with Crippen LogP contribution in [0.25, 0.3) is 33.4 Å². The van der Waals surface area contributed by atoms with Crippen LogP contribution in [0, 0.1) is 12.8 Å². The van der Waals surface area contributed by atoms with Crippen LogP contribution in [-0.2, 0) is 20.7 Å². The molecule has 2 aromatic heterocycles. The lowest BCUT2D eigenvalue weighted by Gasteiger charge is -2.34. The summed E-state index contributed by atoms with van der Waals surface area (Å²) < 4.78 is 5.63. The number of aryl methyl sites for hydroxylation is 1. The Balaban J connectivity index is 1.58. The molecule has 1 fully saturated rings. The zero-order chi connectivity index (χ0) is 30.9. The quantitative estimate of drug-likeness (QED) is 0.244. The number of benzene rings is 2. The van der Waals surface area contributed by atoms with Gasteiger partial charge in [0.15, 0.2) is 0 Å². The molecule has 4 aromatic rings. The highest BCUT2D eigenvalue weighted by Crippen LogP contribution is 2.40. The third kappa shape index (κ3) is 7.08. The van der Waals surface area contributed by atoms with Gasteiger partial charge in [-0.2, -0.15) is 0 Å². The van der Waals surface area contributed by atoms with Gasteiger partial charge in [0.2, 0.25) is 5.91 Å². The second-order valence-corrected chi connectivity index (χ2v) is 12.9. The number of hydrogen-bond donors (Lipinski definition) is 2. The summed E-state index contributed by atoms with van der Waals surface area (Å²) in [5, 5.41) is 3.89. The normalized spacial score (nSPS) is 14.4. The predicted molar refractivity (Wildman–Crippen MR) is 174 cm³/mol. The highest BCUT2D eigenvalue weighted by molar-refractivity contribution is 6.04. The zero-order valence-electron chi connectivity index (χ0n) is 26.4. The van der Waals surface area contributed by atoms with Gasteiger partial charge in [0.05, 0.1) is 24.0 Å². The fraction of sp³-hybridized carbons (Fsp3) is 0.400. The van der Waals surface area contributed by atoms with Crippen LogP contribution in [0.5, 0.6) is 0 Å². The van der Waals surface area contributed by atoms with E-state index in [0.29, 0.717) is 5.69 Å². The molecule has 8 nitrogen and oxygen atoms in total. The molecule has 8 heteroatoms. The van der Waals surface area contributed by atoms with Crippen LogP contribution in [0.1, 0.15) is 45.7 Å². The van der Waals surface area contributed by atoms with Gasteiger partial charge in [-0.05, 0) is 75.2 Å². The first-order valence-corrected chi connectivity index (χ1v) is 15.1.